The van der Waals surface area contributed by atoms with Crippen molar-refractivity contribution in [2.75, 3.05) is 51.6 Å². The minimum absolute atomic E-state index is 0. The summed E-state index contributed by atoms with van der Waals surface area (Å²) in [5, 5.41) is 20.1. The number of rotatable bonds is 10. The number of aliphatic hydroxyl groups excluding tert-OH is 2. The van der Waals surface area contributed by atoms with Gasteiger partial charge in [0.05, 0.1) is 12.9 Å². The van der Waals surface area contributed by atoms with Gasteiger partial charge in [-0.3, -0.25) is 4.57 Å². The smallest absolute Gasteiger partial charge is 0.780 e. The second-order valence-corrected chi connectivity index (χ2v) is 10.7. The molecule has 0 aliphatic carbocycles. The fourth-order valence-electron chi connectivity index (χ4n) is 3.66. The van der Waals surface area contributed by atoms with Crippen molar-refractivity contribution >= 4 is 35.5 Å². The van der Waals surface area contributed by atoms with Gasteiger partial charge in [0.25, 0.3) is 0 Å². The van der Waals surface area contributed by atoms with E-state index in [2.05, 4.69) is 82.6 Å². The molecule has 0 radical (unpaired) electrons. The third kappa shape index (κ3) is 11.7. The van der Waals surface area contributed by atoms with Crippen LogP contribution in [-0.2, 0) is 21.1 Å². The zero-order chi connectivity index (χ0) is 28.2. The number of nitrogen functional groups attached to an aromatic ring is 1. The average Bonchev–Trinajstić information content (AvgIpc) is 3.42. The first-order valence-corrected chi connectivity index (χ1v) is 15.1. The van der Waals surface area contributed by atoms with Crippen molar-refractivity contribution in [1.29, 1.82) is 0 Å². The van der Waals surface area contributed by atoms with E-state index in [0.717, 1.165) is 0 Å². The Morgan fingerprint density at radius 2 is 1.50 bits per heavy atom. The van der Waals surface area contributed by atoms with Gasteiger partial charge in [0, 0.05) is 0 Å². The van der Waals surface area contributed by atoms with Gasteiger partial charge >= 0.3 is 29.6 Å². The van der Waals surface area contributed by atoms with Crippen molar-refractivity contribution in [3.05, 3.63) is 12.7 Å². The van der Waals surface area contributed by atoms with Crippen LogP contribution in [-0.4, -0.2) is 109 Å². The van der Waals surface area contributed by atoms with Crippen molar-refractivity contribution in [2.45, 2.75) is 66.1 Å². The standard InChI is InChI=1S/C10H14N5O6PS.2C6H15N.Na/c11-8-5-9(13-2-12-8)15(3-14-5)10-7(17)6(16)4(21-10)1-20-22(18,19)23;2*1-4-7(5-2)6-3;/h2-4,6-7,10,16-17H,1H2,(H2,11,12,13)(H2,18,19,23);2*4-6H2,1-3H3;/q;;;+1/p-1/t4-,6-,7-,10-;;;/m1.../s1. The zero-order valence-corrected chi connectivity index (χ0v) is 27.3. The number of hydrogen-bond acceptors (Lipinski definition) is 12. The van der Waals surface area contributed by atoms with Crippen LogP contribution in [0.3, 0.4) is 0 Å². The fraction of sp³-hybridized carbons (Fsp3) is 0.773. The van der Waals surface area contributed by atoms with Crippen molar-refractivity contribution < 1.29 is 58.8 Å². The number of aromatic nitrogens is 4. The number of fused-ring (bicyclic) bond motifs is 1. The average molecular weight is 588 g/mol. The van der Waals surface area contributed by atoms with Crippen LogP contribution in [0.2, 0.25) is 0 Å². The molecular weight excluding hydrogens is 544 g/mol. The van der Waals surface area contributed by atoms with E-state index in [1.807, 2.05) is 0 Å². The summed E-state index contributed by atoms with van der Waals surface area (Å²) in [6.45, 7) is 15.7. The van der Waals surface area contributed by atoms with Crippen LogP contribution in [0, 0.1) is 0 Å². The Kier molecular flexibility index (Phi) is 18.8. The van der Waals surface area contributed by atoms with Crippen molar-refractivity contribution in [1.82, 2.24) is 29.3 Å². The predicted octanol–water partition coefficient (Wildman–Crippen LogP) is -2.68. The minimum atomic E-state index is -4.14. The Morgan fingerprint density at radius 3 is 1.92 bits per heavy atom. The van der Waals surface area contributed by atoms with Crippen LogP contribution >= 0.6 is 6.72 Å². The third-order valence-electron chi connectivity index (χ3n) is 6.08. The molecule has 0 spiro atoms. The van der Waals surface area contributed by atoms with Gasteiger partial charge < -0.3 is 44.8 Å². The number of hydrogen-bond donors (Lipinski definition) is 4. The van der Waals surface area contributed by atoms with E-state index in [9.17, 15) is 15.1 Å². The number of anilines is 1. The van der Waals surface area contributed by atoms with Gasteiger partial charge in [-0.2, -0.15) is 0 Å². The van der Waals surface area contributed by atoms with Gasteiger partial charge in [0.1, 0.15) is 36.9 Å². The van der Waals surface area contributed by atoms with E-state index in [1.54, 1.807) is 0 Å². The Balaban J connectivity index is 0.000000760. The topological polar surface area (TPSA) is 178 Å². The quantitative estimate of drug-likeness (QED) is 0.167. The van der Waals surface area contributed by atoms with E-state index in [-0.39, 0.29) is 35.4 Å². The first-order valence-electron chi connectivity index (χ1n) is 12.5. The maximum Gasteiger partial charge on any atom is 1.00 e. The second-order valence-electron chi connectivity index (χ2n) is 8.13. The maximum atomic E-state index is 11.0. The molecule has 0 saturated carbocycles. The molecule has 3 heterocycles. The van der Waals surface area contributed by atoms with Gasteiger partial charge in [-0.25, -0.2) is 15.0 Å². The van der Waals surface area contributed by atoms with E-state index in [0.29, 0.717) is 11.2 Å². The minimum Gasteiger partial charge on any atom is -0.780 e. The summed E-state index contributed by atoms with van der Waals surface area (Å²) in [4.78, 5) is 36.5. The molecule has 5 atom stereocenters. The Bertz CT molecular complexity index is 940. The van der Waals surface area contributed by atoms with Crippen LogP contribution in [0.5, 0.6) is 0 Å². The largest absolute Gasteiger partial charge is 1.00 e. The molecule has 1 fully saturated rings. The first kappa shape index (κ1) is 37.7. The number of ether oxygens (including phenoxy) is 1. The van der Waals surface area contributed by atoms with E-state index >= 15 is 0 Å². The maximum absolute atomic E-state index is 11.0. The van der Waals surface area contributed by atoms with Crippen LogP contribution in [0.25, 0.3) is 11.2 Å². The first-order chi connectivity index (χ1) is 17.5. The Hall–Kier alpha value is -0.320. The molecule has 38 heavy (non-hydrogen) atoms. The summed E-state index contributed by atoms with van der Waals surface area (Å²) >= 11 is 4.22. The molecule has 2 aromatic rings. The Labute approximate surface area is 252 Å². The molecule has 1 aliphatic rings. The summed E-state index contributed by atoms with van der Waals surface area (Å²) < 4.78 is 11.4. The molecule has 5 N–H and O–H groups in total. The molecule has 3 rings (SSSR count). The van der Waals surface area contributed by atoms with E-state index in [4.69, 9.17) is 15.4 Å². The second kappa shape index (κ2) is 18.9. The molecule has 0 bridgehead atoms. The van der Waals surface area contributed by atoms with Crippen molar-refractivity contribution in [2.24, 2.45) is 0 Å². The van der Waals surface area contributed by atoms with Gasteiger partial charge in [0.15, 0.2) is 17.7 Å². The van der Waals surface area contributed by atoms with Crippen LogP contribution in [0.1, 0.15) is 47.8 Å². The summed E-state index contributed by atoms with van der Waals surface area (Å²) in [6.07, 6.45) is -2.19. The molecule has 1 aliphatic heterocycles. The summed E-state index contributed by atoms with van der Waals surface area (Å²) in [5.41, 5.74) is 6.32. The Morgan fingerprint density at radius 1 is 1.00 bits per heavy atom. The molecule has 1 saturated heterocycles. The van der Waals surface area contributed by atoms with Gasteiger partial charge in [-0.1, -0.05) is 53.3 Å². The molecule has 2 aromatic heterocycles. The third-order valence-corrected chi connectivity index (χ3v) is 6.88. The molecular formula is C22H43N7NaO6PS. The normalized spacial score (nSPS) is 22.3. The fourth-order valence-corrected chi connectivity index (χ4v) is 4.18. The SMILES string of the molecule is CCN(CC)CC.CCN(CC)CC.Nc1ncnc2c1ncn2[C@@H]1O[C@H](COP([O-])(O)=S)[C@@H](O)[C@H]1O.[Na+]. The molecule has 13 nitrogen and oxygen atoms in total. The van der Waals surface area contributed by atoms with Gasteiger partial charge in [0.2, 0.25) is 0 Å². The number of imidazole rings is 1. The molecule has 0 aromatic carbocycles. The van der Waals surface area contributed by atoms with Crippen molar-refractivity contribution in [3.8, 4) is 0 Å². The van der Waals surface area contributed by atoms with Gasteiger partial charge in [-0.05, 0) is 39.3 Å². The molecule has 16 heteroatoms. The van der Waals surface area contributed by atoms with Crippen LogP contribution < -0.4 is 40.2 Å². The summed E-state index contributed by atoms with van der Waals surface area (Å²) in [6, 6.07) is 0. The van der Waals surface area contributed by atoms with Crippen molar-refractivity contribution in [3.63, 3.8) is 0 Å². The van der Waals surface area contributed by atoms with Crippen LogP contribution in [0.4, 0.5) is 5.82 Å². The number of nitrogens with two attached hydrogens (primary N) is 1. The zero-order valence-electron chi connectivity index (χ0n) is 23.6. The molecule has 0 amide bonds. The van der Waals surface area contributed by atoms with Crippen LogP contribution in [0.15, 0.2) is 12.7 Å². The number of aliphatic hydroxyl groups is 2. The molecule has 214 valence electrons. The van der Waals surface area contributed by atoms with E-state index in [1.165, 1.54) is 56.5 Å². The van der Waals surface area contributed by atoms with Gasteiger partial charge in [-0.15, -0.1) is 0 Å². The summed E-state index contributed by atoms with van der Waals surface area (Å²) in [7, 11) is 0. The van der Waals surface area contributed by atoms with E-state index < -0.39 is 37.9 Å². The molecule has 1 unspecified atom stereocenters. The summed E-state index contributed by atoms with van der Waals surface area (Å²) in [5.74, 6) is 0.161. The number of nitrogens with zero attached hydrogens (tertiary/aromatic N) is 6. The monoisotopic (exact) mass is 587 g/mol. The predicted molar refractivity (Wildman–Crippen MR) is 145 cm³/mol.